The first-order valence-electron chi connectivity index (χ1n) is 5.48. The van der Waals surface area contributed by atoms with Crippen molar-refractivity contribution in [3.8, 4) is 0 Å². The molecule has 1 fully saturated rings. The van der Waals surface area contributed by atoms with E-state index in [2.05, 4.69) is 21.2 Å². The number of thioether (sulfide) groups is 1. The lowest BCUT2D eigenvalue weighted by Gasteiger charge is -2.10. The topological polar surface area (TPSA) is 12.0 Å². The number of hydrogen-bond donors (Lipinski definition) is 1. The van der Waals surface area contributed by atoms with Gasteiger partial charge in [-0.05, 0) is 64.0 Å². The molecule has 0 amide bonds. The van der Waals surface area contributed by atoms with E-state index in [-0.39, 0.29) is 5.82 Å². The summed E-state index contributed by atoms with van der Waals surface area (Å²) in [7, 11) is 0. The highest BCUT2D eigenvalue weighted by Gasteiger charge is 2.14. The van der Waals surface area contributed by atoms with Crippen LogP contribution in [-0.2, 0) is 6.54 Å². The van der Waals surface area contributed by atoms with E-state index in [4.69, 9.17) is 0 Å². The first kappa shape index (κ1) is 12.4. The van der Waals surface area contributed by atoms with Crippen molar-refractivity contribution >= 4 is 27.7 Å². The molecule has 0 bridgehead atoms. The lowest BCUT2D eigenvalue weighted by Crippen LogP contribution is -2.22. The van der Waals surface area contributed by atoms with Crippen molar-refractivity contribution in [1.82, 2.24) is 5.32 Å². The predicted octanol–water partition coefficient (Wildman–Crippen LogP) is 3.43. The van der Waals surface area contributed by atoms with Crippen molar-refractivity contribution in [2.24, 2.45) is 5.92 Å². The molecule has 1 aromatic rings. The normalized spacial score (nSPS) is 20.2. The van der Waals surface area contributed by atoms with Crippen molar-refractivity contribution in [3.05, 3.63) is 34.1 Å². The summed E-state index contributed by atoms with van der Waals surface area (Å²) in [5.41, 5.74) is 1.01. The first-order valence-corrected chi connectivity index (χ1v) is 7.43. The highest BCUT2D eigenvalue weighted by molar-refractivity contribution is 9.10. The minimum absolute atomic E-state index is 0.185. The quantitative estimate of drug-likeness (QED) is 0.914. The van der Waals surface area contributed by atoms with Crippen LogP contribution < -0.4 is 5.32 Å². The summed E-state index contributed by atoms with van der Waals surface area (Å²) < 4.78 is 13.8. The predicted molar refractivity (Wildman–Crippen MR) is 71.2 cm³/mol. The minimum Gasteiger partial charge on any atom is -0.312 e. The Kier molecular flexibility index (Phi) is 4.67. The Labute approximate surface area is 108 Å². The third kappa shape index (κ3) is 3.47. The highest BCUT2D eigenvalue weighted by atomic mass is 79.9. The van der Waals surface area contributed by atoms with Crippen molar-refractivity contribution in [2.75, 3.05) is 18.1 Å². The Morgan fingerprint density at radius 3 is 3.06 bits per heavy atom. The highest BCUT2D eigenvalue weighted by Crippen LogP contribution is 2.22. The lowest BCUT2D eigenvalue weighted by atomic mass is 10.1. The van der Waals surface area contributed by atoms with E-state index < -0.39 is 0 Å². The number of benzene rings is 1. The monoisotopic (exact) mass is 303 g/mol. The smallest absolute Gasteiger partial charge is 0.137 e. The van der Waals surface area contributed by atoms with E-state index in [1.54, 1.807) is 12.1 Å². The van der Waals surface area contributed by atoms with Gasteiger partial charge in [0.05, 0.1) is 4.47 Å². The van der Waals surface area contributed by atoms with Gasteiger partial charge in [-0.2, -0.15) is 11.8 Å². The maximum atomic E-state index is 13.2. The van der Waals surface area contributed by atoms with Crippen molar-refractivity contribution in [1.29, 1.82) is 0 Å². The molecule has 1 aliphatic rings. The van der Waals surface area contributed by atoms with Gasteiger partial charge in [0.1, 0.15) is 5.82 Å². The summed E-state index contributed by atoms with van der Waals surface area (Å²) in [6.07, 6.45) is 1.31. The maximum Gasteiger partial charge on any atom is 0.137 e. The fraction of sp³-hybridized carbons (Fsp3) is 0.500. The molecule has 0 saturated carbocycles. The van der Waals surface area contributed by atoms with E-state index in [1.807, 2.05) is 17.8 Å². The summed E-state index contributed by atoms with van der Waals surface area (Å²) >= 11 is 5.18. The van der Waals surface area contributed by atoms with Crippen LogP contribution in [0, 0.1) is 11.7 Å². The van der Waals surface area contributed by atoms with E-state index in [9.17, 15) is 4.39 Å². The Balaban J connectivity index is 1.78. The van der Waals surface area contributed by atoms with Gasteiger partial charge in [0.25, 0.3) is 0 Å². The van der Waals surface area contributed by atoms with Gasteiger partial charge in [0.15, 0.2) is 0 Å². The Bertz CT molecular complexity index is 353. The molecule has 4 heteroatoms. The van der Waals surface area contributed by atoms with Gasteiger partial charge in [-0.25, -0.2) is 4.39 Å². The summed E-state index contributed by atoms with van der Waals surface area (Å²) in [5.74, 6) is 3.17. The van der Waals surface area contributed by atoms with Gasteiger partial charge >= 0.3 is 0 Å². The molecule has 2 rings (SSSR count). The number of rotatable bonds is 4. The molecule has 1 aromatic carbocycles. The largest absolute Gasteiger partial charge is 0.312 e. The van der Waals surface area contributed by atoms with E-state index in [1.165, 1.54) is 17.9 Å². The molecule has 0 spiro atoms. The molecule has 1 N–H and O–H groups in total. The molecule has 0 aromatic heterocycles. The molecule has 0 aliphatic carbocycles. The maximum absolute atomic E-state index is 13.2. The van der Waals surface area contributed by atoms with Crippen molar-refractivity contribution in [3.63, 3.8) is 0 Å². The molecule has 1 unspecified atom stereocenters. The molecular weight excluding hydrogens is 289 g/mol. The number of halogens is 2. The Hall–Kier alpha value is -0.0600. The van der Waals surface area contributed by atoms with Gasteiger partial charge in [-0.1, -0.05) is 6.07 Å². The van der Waals surface area contributed by atoms with Crippen LogP contribution in [-0.4, -0.2) is 18.1 Å². The second-order valence-corrected chi connectivity index (χ2v) is 6.11. The first-order chi connectivity index (χ1) is 7.75. The average molecular weight is 304 g/mol. The number of hydrogen-bond acceptors (Lipinski definition) is 2. The van der Waals surface area contributed by atoms with Crippen LogP contribution in [0.1, 0.15) is 12.0 Å². The third-order valence-electron chi connectivity index (χ3n) is 2.77. The number of nitrogens with one attached hydrogen (secondary N) is 1. The summed E-state index contributed by atoms with van der Waals surface area (Å²) in [5, 5.41) is 3.39. The molecule has 1 atom stereocenters. The summed E-state index contributed by atoms with van der Waals surface area (Å²) in [4.78, 5) is 0. The second kappa shape index (κ2) is 6.03. The van der Waals surface area contributed by atoms with Gasteiger partial charge in [-0.3, -0.25) is 0 Å². The minimum atomic E-state index is -0.185. The molecule has 0 radical (unpaired) electrons. The molecule has 1 saturated heterocycles. The molecular formula is C12H15BrFNS. The zero-order valence-corrected chi connectivity index (χ0v) is 11.4. The SMILES string of the molecule is Fc1cc(CNCC2CCSC2)ccc1Br. The fourth-order valence-electron chi connectivity index (χ4n) is 1.81. The fourth-order valence-corrected chi connectivity index (χ4v) is 3.35. The zero-order valence-electron chi connectivity index (χ0n) is 9.01. The Morgan fingerprint density at radius 2 is 2.38 bits per heavy atom. The van der Waals surface area contributed by atoms with Crippen molar-refractivity contribution in [2.45, 2.75) is 13.0 Å². The van der Waals surface area contributed by atoms with Crippen molar-refractivity contribution < 1.29 is 4.39 Å². The van der Waals surface area contributed by atoms with Crippen LogP contribution >= 0.6 is 27.7 Å². The van der Waals surface area contributed by atoms with Crippen LogP contribution in [0.15, 0.2) is 22.7 Å². The molecule has 88 valence electrons. The van der Waals surface area contributed by atoms with E-state index in [0.717, 1.165) is 24.6 Å². The third-order valence-corrected chi connectivity index (χ3v) is 4.64. The van der Waals surface area contributed by atoms with Crippen LogP contribution in [0.3, 0.4) is 0 Å². The Morgan fingerprint density at radius 1 is 1.50 bits per heavy atom. The van der Waals surface area contributed by atoms with Crippen LogP contribution in [0.2, 0.25) is 0 Å². The molecule has 1 heterocycles. The zero-order chi connectivity index (χ0) is 11.4. The van der Waals surface area contributed by atoms with Gasteiger partial charge < -0.3 is 5.32 Å². The lowest BCUT2D eigenvalue weighted by molar-refractivity contribution is 0.522. The standard InChI is InChI=1S/C12H15BrFNS/c13-11-2-1-9(5-12(11)14)6-15-7-10-3-4-16-8-10/h1-2,5,10,15H,3-4,6-8H2. The van der Waals surface area contributed by atoms with Crippen LogP contribution in [0.25, 0.3) is 0 Å². The van der Waals surface area contributed by atoms with Gasteiger partial charge in [0.2, 0.25) is 0 Å². The summed E-state index contributed by atoms with van der Waals surface area (Å²) in [6.45, 7) is 1.80. The van der Waals surface area contributed by atoms with E-state index in [0.29, 0.717) is 4.47 Å². The summed E-state index contributed by atoms with van der Waals surface area (Å²) in [6, 6.07) is 5.29. The second-order valence-electron chi connectivity index (χ2n) is 4.11. The van der Waals surface area contributed by atoms with Crippen LogP contribution in [0.4, 0.5) is 4.39 Å². The van der Waals surface area contributed by atoms with Gasteiger partial charge in [0, 0.05) is 6.54 Å². The molecule has 16 heavy (non-hydrogen) atoms. The van der Waals surface area contributed by atoms with Crippen LogP contribution in [0.5, 0.6) is 0 Å². The van der Waals surface area contributed by atoms with E-state index >= 15 is 0 Å². The molecule has 1 nitrogen and oxygen atoms in total. The van der Waals surface area contributed by atoms with Gasteiger partial charge in [-0.15, -0.1) is 0 Å². The average Bonchev–Trinajstić information content (AvgIpc) is 2.76. The molecule has 1 aliphatic heterocycles.